The first-order valence-corrected chi connectivity index (χ1v) is 5.17. The van der Waals surface area contributed by atoms with Crippen molar-refractivity contribution < 1.29 is 4.42 Å². The molecule has 1 aromatic rings. The molecule has 0 aliphatic carbocycles. The van der Waals surface area contributed by atoms with Crippen molar-refractivity contribution in [2.75, 3.05) is 13.1 Å². The first kappa shape index (κ1) is 11.3. The Hall–Kier alpha value is -0.800. The van der Waals surface area contributed by atoms with E-state index >= 15 is 0 Å². The van der Waals surface area contributed by atoms with Gasteiger partial charge >= 0.3 is 0 Å². The SMILES string of the molecule is Cc1ccoc1CNCCNC(C)C. The topological polar surface area (TPSA) is 37.2 Å². The summed E-state index contributed by atoms with van der Waals surface area (Å²) in [5.41, 5.74) is 1.22. The van der Waals surface area contributed by atoms with Crippen molar-refractivity contribution in [2.24, 2.45) is 0 Å². The Labute approximate surface area is 85.9 Å². The highest BCUT2D eigenvalue weighted by Crippen LogP contribution is 2.07. The largest absolute Gasteiger partial charge is 0.468 e. The molecular weight excluding hydrogens is 176 g/mol. The van der Waals surface area contributed by atoms with Crippen molar-refractivity contribution in [2.45, 2.75) is 33.4 Å². The van der Waals surface area contributed by atoms with Gasteiger partial charge in [-0.2, -0.15) is 0 Å². The summed E-state index contributed by atoms with van der Waals surface area (Å²) < 4.78 is 5.31. The average Bonchev–Trinajstić information content (AvgIpc) is 2.51. The molecule has 0 aliphatic rings. The average molecular weight is 196 g/mol. The van der Waals surface area contributed by atoms with Crippen LogP contribution in [0.2, 0.25) is 0 Å². The standard InChI is InChI=1S/C11H20N2O/c1-9(2)13-6-5-12-8-11-10(3)4-7-14-11/h4,7,9,12-13H,5-6,8H2,1-3H3. The molecular formula is C11H20N2O. The summed E-state index contributed by atoms with van der Waals surface area (Å²) in [6.07, 6.45) is 1.73. The van der Waals surface area contributed by atoms with Gasteiger partial charge in [0.05, 0.1) is 12.8 Å². The van der Waals surface area contributed by atoms with E-state index in [1.165, 1.54) is 5.56 Å². The smallest absolute Gasteiger partial charge is 0.120 e. The minimum Gasteiger partial charge on any atom is -0.468 e. The van der Waals surface area contributed by atoms with Crippen LogP contribution in [0, 0.1) is 6.92 Å². The van der Waals surface area contributed by atoms with Crippen molar-refractivity contribution in [3.8, 4) is 0 Å². The molecule has 0 radical (unpaired) electrons. The van der Waals surface area contributed by atoms with Crippen molar-refractivity contribution >= 4 is 0 Å². The van der Waals surface area contributed by atoms with Crippen molar-refractivity contribution in [3.63, 3.8) is 0 Å². The molecule has 3 heteroatoms. The van der Waals surface area contributed by atoms with Crippen LogP contribution in [0.25, 0.3) is 0 Å². The maximum atomic E-state index is 5.31. The van der Waals surface area contributed by atoms with E-state index < -0.39 is 0 Å². The van der Waals surface area contributed by atoms with Crippen LogP contribution in [0.15, 0.2) is 16.7 Å². The summed E-state index contributed by atoms with van der Waals surface area (Å²) in [4.78, 5) is 0. The number of nitrogens with one attached hydrogen (secondary N) is 2. The van der Waals surface area contributed by atoms with Crippen LogP contribution in [0.3, 0.4) is 0 Å². The summed E-state index contributed by atoms with van der Waals surface area (Å²) in [7, 11) is 0. The van der Waals surface area contributed by atoms with Gasteiger partial charge < -0.3 is 15.1 Å². The van der Waals surface area contributed by atoms with Crippen LogP contribution in [-0.2, 0) is 6.54 Å². The van der Waals surface area contributed by atoms with Crippen LogP contribution in [0.4, 0.5) is 0 Å². The molecule has 0 fully saturated rings. The zero-order chi connectivity index (χ0) is 10.4. The predicted molar refractivity (Wildman–Crippen MR) is 58.3 cm³/mol. The zero-order valence-electron chi connectivity index (χ0n) is 9.26. The molecule has 0 amide bonds. The molecule has 1 heterocycles. The lowest BCUT2D eigenvalue weighted by Crippen LogP contribution is -2.31. The van der Waals surface area contributed by atoms with Crippen LogP contribution in [-0.4, -0.2) is 19.1 Å². The highest BCUT2D eigenvalue weighted by Gasteiger charge is 1.99. The van der Waals surface area contributed by atoms with Gasteiger partial charge in [0.15, 0.2) is 0 Å². The Kier molecular flexibility index (Phi) is 4.70. The second-order valence-electron chi connectivity index (χ2n) is 3.81. The number of hydrogen-bond acceptors (Lipinski definition) is 3. The van der Waals surface area contributed by atoms with Gasteiger partial charge in [0, 0.05) is 19.1 Å². The quantitative estimate of drug-likeness (QED) is 0.680. The predicted octanol–water partition coefficient (Wildman–Crippen LogP) is 1.68. The van der Waals surface area contributed by atoms with Crippen molar-refractivity contribution in [1.82, 2.24) is 10.6 Å². The maximum absolute atomic E-state index is 5.31. The van der Waals surface area contributed by atoms with Crippen LogP contribution >= 0.6 is 0 Å². The Morgan fingerprint density at radius 3 is 2.71 bits per heavy atom. The van der Waals surface area contributed by atoms with E-state index in [2.05, 4.69) is 31.4 Å². The van der Waals surface area contributed by atoms with Crippen molar-refractivity contribution in [1.29, 1.82) is 0 Å². The number of aryl methyl sites for hydroxylation is 1. The Morgan fingerprint density at radius 1 is 1.36 bits per heavy atom. The van der Waals surface area contributed by atoms with Gasteiger partial charge in [-0.25, -0.2) is 0 Å². The van der Waals surface area contributed by atoms with E-state index in [9.17, 15) is 0 Å². The molecule has 3 nitrogen and oxygen atoms in total. The molecule has 0 aromatic carbocycles. The monoisotopic (exact) mass is 196 g/mol. The number of rotatable bonds is 6. The maximum Gasteiger partial charge on any atom is 0.120 e. The van der Waals surface area contributed by atoms with Crippen LogP contribution in [0.5, 0.6) is 0 Å². The summed E-state index contributed by atoms with van der Waals surface area (Å²) in [5.74, 6) is 1.04. The lowest BCUT2D eigenvalue weighted by Gasteiger charge is -2.08. The molecule has 0 unspecified atom stereocenters. The summed E-state index contributed by atoms with van der Waals surface area (Å²) in [6, 6.07) is 2.55. The molecule has 0 bridgehead atoms. The van der Waals surface area contributed by atoms with Crippen LogP contribution in [0.1, 0.15) is 25.2 Å². The molecule has 14 heavy (non-hydrogen) atoms. The third-order valence-corrected chi connectivity index (χ3v) is 2.11. The highest BCUT2D eigenvalue weighted by molar-refractivity contribution is 5.13. The first-order valence-electron chi connectivity index (χ1n) is 5.17. The van der Waals surface area contributed by atoms with E-state index in [-0.39, 0.29) is 0 Å². The van der Waals surface area contributed by atoms with Gasteiger partial charge in [-0.05, 0) is 18.6 Å². The normalized spacial score (nSPS) is 11.1. The summed E-state index contributed by atoms with van der Waals surface area (Å²) >= 11 is 0. The fourth-order valence-corrected chi connectivity index (χ4v) is 1.24. The van der Waals surface area contributed by atoms with Gasteiger partial charge in [-0.1, -0.05) is 13.8 Å². The molecule has 0 saturated carbocycles. The molecule has 0 aliphatic heterocycles. The van der Waals surface area contributed by atoms with Gasteiger partial charge in [-0.15, -0.1) is 0 Å². The molecule has 0 spiro atoms. The van der Waals surface area contributed by atoms with Gasteiger partial charge in [-0.3, -0.25) is 0 Å². The fraction of sp³-hybridized carbons (Fsp3) is 0.636. The molecule has 1 aromatic heterocycles. The molecule has 80 valence electrons. The van der Waals surface area contributed by atoms with Gasteiger partial charge in [0.1, 0.15) is 5.76 Å². The number of furan rings is 1. The Balaban J connectivity index is 2.08. The Bertz CT molecular complexity index is 256. The van der Waals surface area contributed by atoms with E-state index in [1.807, 2.05) is 6.07 Å². The Morgan fingerprint density at radius 2 is 2.14 bits per heavy atom. The van der Waals surface area contributed by atoms with Gasteiger partial charge in [0.2, 0.25) is 0 Å². The third kappa shape index (κ3) is 3.94. The fourth-order valence-electron chi connectivity index (χ4n) is 1.24. The minimum atomic E-state index is 0.558. The number of hydrogen-bond donors (Lipinski definition) is 2. The van der Waals surface area contributed by atoms with E-state index in [1.54, 1.807) is 6.26 Å². The molecule has 2 N–H and O–H groups in total. The molecule has 1 rings (SSSR count). The van der Waals surface area contributed by atoms with Crippen LogP contribution < -0.4 is 10.6 Å². The van der Waals surface area contributed by atoms with E-state index in [0.29, 0.717) is 6.04 Å². The summed E-state index contributed by atoms with van der Waals surface area (Å²) in [5, 5.41) is 6.67. The van der Waals surface area contributed by atoms with Gasteiger partial charge in [0.25, 0.3) is 0 Å². The second-order valence-corrected chi connectivity index (χ2v) is 3.81. The second kappa shape index (κ2) is 5.83. The summed E-state index contributed by atoms with van der Waals surface area (Å²) in [6.45, 7) is 9.15. The van der Waals surface area contributed by atoms with E-state index in [0.717, 1.165) is 25.4 Å². The molecule has 0 atom stereocenters. The first-order chi connectivity index (χ1) is 6.70. The lowest BCUT2D eigenvalue weighted by atomic mass is 10.3. The minimum absolute atomic E-state index is 0.558. The highest BCUT2D eigenvalue weighted by atomic mass is 16.3. The lowest BCUT2D eigenvalue weighted by molar-refractivity contribution is 0.473. The molecule has 0 saturated heterocycles. The van der Waals surface area contributed by atoms with E-state index in [4.69, 9.17) is 4.42 Å². The third-order valence-electron chi connectivity index (χ3n) is 2.11. The van der Waals surface area contributed by atoms with Crippen molar-refractivity contribution in [3.05, 3.63) is 23.7 Å². The zero-order valence-corrected chi connectivity index (χ0v) is 9.26.